The average molecular weight is 387 g/mol. The largest absolute Gasteiger partial charge is 0.360 e. The molecule has 5 nitrogen and oxygen atoms in total. The number of carbonyl (C=O) groups excluding carboxylic acids is 2. The summed E-state index contributed by atoms with van der Waals surface area (Å²) >= 11 is 6.09. The number of nitrogens with one attached hydrogen (secondary N) is 2. The van der Waals surface area contributed by atoms with Crippen LogP contribution in [0.15, 0.2) is 48.5 Å². The smallest absolute Gasteiger partial charge is 0.282 e. The summed E-state index contributed by atoms with van der Waals surface area (Å²) in [7, 11) is 0. The molecule has 1 saturated heterocycles. The molecule has 0 aromatic heterocycles. The van der Waals surface area contributed by atoms with Crippen LogP contribution in [0.5, 0.6) is 0 Å². The third-order valence-corrected chi connectivity index (χ3v) is 5.38. The molecule has 2 aromatic rings. The van der Waals surface area contributed by atoms with E-state index in [2.05, 4.69) is 16.3 Å². The second kappa shape index (κ2) is 8.55. The molecule has 0 aliphatic carbocycles. The van der Waals surface area contributed by atoms with Gasteiger partial charge in [-0.2, -0.15) is 0 Å². The van der Waals surface area contributed by atoms with Crippen molar-refractivity contribution in [2.45, 2.75) is 19.9 Å². The van der Waals surface area contributed by atoms with E-state index in [1.807, 2.05) is 25.1 Å². The molecule has 142 valence electrons. The lowest BCUT2D eigenvalue weighted by atomic mass is 10.1. The third-order valence-electron chi connectivity index (χ3n) is 5.14. The molecule has 0 spiro atoms. The van der Waals surface area contributed by atoms with Crippen molar-refractivity contribution in [3.63, 3.8) is 0 Å². The van der Waals surface area contributed by atoms with Crippen LogP contribution in [0.25, 0.3) is 0 Å². The minimum absolute atomic E-state index is 0.00298. The van der Waals surface area contributed by atoms with E-state index >= 15 is 0 Å². The van der Waals surface area contributed by atoms with Gasteiger partial charge in [-0.15, -0.1) is 0 Å². The normalized spacial score (nSPS) is 16.0. The van der Waals surface area contributed by atoms with Crippen LogP contribution in [0, 0.1) is 0 Å². The van der Waals surface area contributed by atoms with Crippen LogP contribution < -0.4 is 15.1 Å². The lowest BCUT2D eigenvalue weighted by molar-refractivity contribution is -0.914. The van der Waals surface area contributed by atoms with Crippen LogP contribution >= 0.6 is 11.6 Å². The highest BCUT2D eigenvalue weighted by atomic mass is 35.5. The molecule has 2 N–H and O–H groups in total. The van der Waals surface area contributed by atoms with Crippen molar-refractivity contribution in [3.05, 3.63) is 59.1 Å². The van der Waals surface area contributed by atoms with Gasteiger partial charge < -0.3 is 15.1 Å². The Morgan fingerprint density at radius 2 is 1.78 bits per heavy atom. The molecule has 2 aromatic carbocycles. The molecule has 0 saturated carbocycles. The van der Waals surface area contributed by atoms with E-state index in [0.29, 0.717) is 11.3 Å². The van der Waals surface area contributed by atoms with Gasteiger partial charge in [0, 0.05) is 22.0 Å². The summed E-state index contributed by atoms with van der Waals surface area (Å²) in [5, 5.41) is 3.69. The molecule has 0 unspecified atom stereocenters. The number of anilines is 2. The number of amides is 1. The Morgan fingerprint density at radius 1 is 1.11 bits per heavy atom. The zero-order chi connectivity index (χ0) is 19.4. The Labute approximate surface area is 164 Å². The van der Waals surface area contributed by atoms with Gasteiger partial charge in [0.2, 0.25) is 0 Å². The van der Waals surface area contributed by atoms with Crippen molar-refractivity contribution in [2.24, 2.45) is 0 Å². The van der Waals surface area contributed by atoms with Crippen LogP contribution in [-0.4, -0.2) is 43.9 Å². The Kier molecular flexibility index (Phi) is 6.14. The van der Waals surface area contributed by atoms with E-state index in [9.17, 15) is 9.59 Å². The van der Waals surface area contributed by atoms with E-state index in [1.165, 1.54) is 11.8 Å². The molecule has 1 amide bonds. The molecule has 6 heteroatoms. The van der Waals surface area contributed by atoms with E-state index in [4.69, 9.17) is 11.6 Å². The first kappa shape index (κ1) is 19.4. The minimum Gasteiger partial charge on any atom is -0.360 e. The maximum absolute atomic E-state index is 12.6. The first-order valence-electron chi connectivity index (χ1n) is 9.21. The number of nitrogens with zero attached hydrogens (tertiary/aromatic N) is 1. The van der Waals surface area contributed by atoms with Gasteiger partial charge in [-0.25, -0.2) is 0 Å². The zero-order valence-corrected chi connectivity index (χ0v) is 16.4. The Balaban J connectivity index is 1.54. The van der Waals surface area contributed by atoms with Crippen LogP contribution in [0.4, 0.5) is 11.4 Å². The molecule has 0 bridgehead atoms. The monoisotopic (exact) mass is 386 g/mol. The number of carbonyl (C=O) groups is 2. The molecule has 1 heterocycles. The van der Waals surface area contributed by atoms with Gasteiger partial charge in [0.25, 0.3) is 5.91 Å². The van der Waals surface area contributed by atoms with Crippen molar-refractivity contribution >= 4 is 34.7 Å². The summed E-state index contributed by atoms with van der Waals surface area (Å²) < 4.78 is 0. The summed E-state index contributed by atoms with van der Waals surface area (Å²) in [6, 6.07) is 14.8. The number of benzene rings is 2. The van der Waals surface area contributed by atoms with Crippen molar-refractivity contribution in [1.82, 2.24) is 0 Å². The summed E-state index contributed by atoms with van der Waals surface area (Å²) in [4.78, 5) is 27.5. The SMILES string of the molecule is CC(=O)c1ccc(NC(=O)[C@H](C)[NH+]2CCN(c3cccc(Cl)c3)CC2)cc1. The lowest BCUT2D eigenvalue weighted by Gasteiger charge is -2.36. The van der Waals surface area contributed by atoms with Gasteiger partial charge >= 0.3 is 0 Å². The maximum Gasteiger partial charge on any atom is 0.282 e. The first-order valence-corrected chi connectivity index (χ1v) is 9.59. The van der Waals surface area contributed by atoms with Gasteiger partial charge in [-0.05, 0) is 56.3 Å². The summed E-state index contributed by atoms with van der Waals surface area (Å²) in [5.74, 6) is 0.0139. The second-order valence-electron chi connectivity index (χ2n) is 6.97. The third kappa shape index (κ3) is 4.87. The van der Waals surface area contributed by atoms with Crippen molar-refractivity contribution in [3.8, 4) is 0 Å². The fourth-order valence-corrected chi connectivity index (χ4v) is 3.57. The highest BCUT2D eigenvalue weighted by molar-refractivity contribution is 6.30. The standard InChI is InChI=1S/C21H24ClN3O2/c1-15(21(27)23-19-8-6-17(7-9-19)16(2)26)24-10-12-25(13-11-24)20-5-3-4-18(22)14-20/h3-9,14-15H,10-13H2,1-2H3,(H,23,27)/p+1/t15-/m0/s1. The molecule has 3 rings (SSSR count). The molecule has 1 atom stereocenters. The highest BCUT2D eigenvalue weighted by Crippen LogP contribution is 2.19. The average Bonchev–Trinajstić information content (AvgIpc) is 2.68. The number of ketones is 1. The fourth-order valence-electron chi connectivity index (χ4n) is 3.38. The van der Waals surface area contributed by atoms with Gasteiger partial charge in [-0.1, -0.05) is 17.7 Å². The van der Waals surface area contributed by atoms with E-state index in [1.54, 1.807) is 24.3 Å². The number of halogens is 1. The van der Waals surface area contributed by atoms with E-state index in [0.717, 1.165) is 36.9 Å². The predicted octanol–water partition coefficient (Wildman–Crippen LogP) is 2.27. The molecule has 1 aliphatic heterocycles. The molecule has 1 aliphatic rings. The molecule has 1 fully saturated rings. The summed E-state index contributed by atoms with van der Waals surface area (Å²) in [6.07, 6.45) is 0. The minimum atomic E-state index is -0.140. The van der Waals surface area contributed by atoms with Crippen LogP contribution in [0.2, 0.25) is 5.02 Å². The first-order chi connectivity index (χ1) is 12.9. The molecule has 0 radical (unpaired) electrons. The summed E-state index contributed by atoms with van der Waals surface area (Å²) in [6.45, 7) is 7.06. The number of rotatable bonds is 5. The van der Waals surface area contributed by atoms with Crippen molar-refractivity contribution in [1.29, 1.82) is 0 Å². The van der Waals surface area contributed by atoms with Crippen molar-refractivity contribution in [2.75, 3.05) is 36.4 Å². The van der Waals surface area contributed by atoms with E-state index in [-0.39, 0.29) is 17.7 Å². The van der Waals surface area contributed by atoms with E-state index < -0.39 is 0 Å². The van der Waals surface area contributed by atoms with Crippen LogP contribution in [0.1, 0.15) is 24.2 Å². The topological polar surface area (TPSA) is 53.9 Å². The lowest BCUT2D eigenvalue weighted by Crippen LogP contribution is -3.19. The van der Waals surface area contributed by atoms with Crippen molar-refractivity contribution < 1.29 is 14.5 Å². The number of piperazine rings is 1. The number of hydrogen-bond acceptors (Lipinski definition) is 3. The van der Waals surface area contributed by atoms with Crippen LogP contribution in [-0.2, 0) is 4.79 Å². The predicted molar refractivity (Wildman–Crippen MR) is 109 cm³/mol. The zero-order valence-electron chi connectivity index (χ0n) is 15.7. The second-order valence-corrected chi connectivity index (χ2v) is 7.41. The molecular formula is C21H25ClN3O2+. The van der Waals surface area contributed by atoms with Crippen LogP contribution in [0.3, 0.4) is 0 Å². The molecular weight excluding hydrogens is 362 g/mol. The Morgan fingerprint density at radius 3 is 2.37 bits per heavy atom. The van der Waals surface area contributed by atoms with Gasteiger partial charge in [-0.3, -0.25) is 9.59 Å². The Bertz CT molecular complexity index is 814. The number of Topliss-reactive ketones (excluding diaryl/α,β-unsaturated/α-hetero) is 1. The maximum atomic E-state index is 12.6. The highest BCUT2D eigenvalue weighted by Gasteiger charge is 2.29. The van der Waals surface area contributed by atoms with Gasteiger partial charge in [0.1, 0.15) is 0 Å². The number of quaternary nitrogens is 1. The summed E-state index contributed by atoms with van der Waals surface area (Å²) in [5.41, 5.74) is 2.49. The Hall–Kier alpha value is -2.37. The number of hydrogen-bond donors (Lipinski definition) is 2. The molecule has 27 heavy (non-hydrogen) atoms. The fraction of sp³-hybridized carbons (Fsp3) is 0.333. The quantitative estimate of drug-likeness (QED) is 0.775. The van der Waals surface area contributed by atoms with Gasteiger partial charge in [0.05, 0.1) is 26.2 Å². The van der Waals surface area contributed by atoms with Gasteiger partial charge in [0.15, 0.2) is 11.8 Å².